The van der Waals surface area contributed by atoms with Crippen LogP contribution in [0, 0.1) is 0 Å². The fraction of sp³-hybridized carbons (Fsp3) is 1.00. The molecule has 56 valence electrons. The van der Waals surface area contributed by atoms with Crippen molar-refractivity contribution in [2.24, 2.45) is 5.73 Å². The van der Waals surface area contributed by atoms with Crippen LogP contribution in [-0.4, -0.2) is 34.0 Å². The molecule has 2 atom stereocenters. The Kier molecular flexibility index (Phi) is 4.94. The van der Waals surface area contributed by atoms with Gasteiger partial charge >= 0.3 is 0 Å². The molecule has 3 nitrogen and oxygen atoms in total. The first-order valence-corrected chi connectivity index (χ1v) is 4.56. The zero-order chi connectivity index (χ0) is 7.28. The van der Waals surface area contributed by atoms with Crippen molar-refractivity contribution >= 4 is 10.8 Å². The average Bonchev–Trinajstić information content (AvgIpc) is 1.83. The van der Waals surface area contributed by atoms with Gasteiger partial charge in [0.25, 0.3) is 0 Å². The second kappa shape index (κ2) is 4.90. The van der Waals surface area contributed by atoms with Crippen molar-refractivity contribution in [2.75, 3.05) is 18.6 Å². The van der Waals surface area contributed by atoms with Crippen LogP contribution in [0.25, 0.3) is 0 Å². The highest BCUT2D eigenvalue weighted by Gasteiger charge is 1.99. The van der Waals surface area contributed by atoms with Gasteiger partial charge in [0.05, 0.1) is 6.61 Å². The number of aliphatic hydroxyl groups is 1. The number of rotatable bonds is 4. The van der Waals surface area contributed by atoms with Crippen molar-refractivity contribution in [1.29, 1.82) is 0 Å². The highest BCUT2D eigenvalue weighted by atomic mass is 32.2. The summed E-state index contributed by atoms with van der Waals surface area (Å²) >= 11 is 0. The molecule has 4 heteroatoms. The van der Waals surface area contributed by atoms with Crippen LogP contribution in [0.4, 0.5) is 0 Å². The molecule has 0 aliphatic rings. The lowest BCUT2D eigenvalue weighted by Gasteiger charge is -2.04. The fourth-order valence-corrected chi connectivity index (χ4v) is 1.04. The molecule has 2 unspecified atom stereocenters. The van der Waals surface area contributed by atoms with Crippen LogP contribution in [0.15, 0.2) is 0 Å². The number of hydrogen-bond acceptors (Lipinski definition) is 3. The first-order chi connectivity index (χ1) is 4.16. The van der Waals surface area contributed by atoms with E-state index >= 15 is 0 Å². The van der Waals surface area contributed by atoms with Gasteiger partial charge in [-0.25, -0.2) is 0 Å². The monoisotopic (exact) mass is 151 g/mol. The zero-order valence-electron chi connectivity index (χ0n) is 5.54. The minimum atomic E-state index is -0.779. The standard InChI is InChI=1S/C5H13NO2S/c1-9(8)3-2-5(6)4-7/h5,7H,2-4,6H2,1H3. The van der Waals surface area contributed by atoms with E-state index in [2.05, 4.69) is 0 Å². The zero-order valence-corrected chi connectivity index (χ0v) is 6.36. The molecule has 0 aliphatic heterocycles. The largest absolute Gasteiger partial charge is 0.395 e. The third kappa shape index (κ3) is 5.95. The maximum atomic E-state index is 10.4. The van der Waals surface area contributed by atoms with Crippen LogP contribution in [-0.2, 0) is 10.8 Å². The average molecular weight is 151 g/mol. The topological polar surface area (TPSA) is 63.3 Å². The van der Waals surface area contributed by atoms with Crippen molar-refractivity contribution in [3.63, 3.8) is 0 Å². The molecule has 0 aromatic rings. The van der Waals surface area contributed by atoms with E-state index in [9.17, 15) is 4.21 Å². The normalized spacial score (nSPS) is 17.2. The minimum absolute atomic E-state index is 0.0167. The van der Waals surface area contributed by atoms with Crippen LogP contribution in [0.1, 0.15) is 6.42 Å². The van der Waals surface area contributed by atoms with Gasteiger partial charge in [-0.2, -0.15) is 0 Å². The highest BCUT2D eigenvalue weighted by molar-refractivity contribution is 7.84. The lowest BCUT2D eigenvalue weighted by Crippen LogP contribution is -2.26. The predicted octanol–water partition coefficient (Wildman–Crippen LogP) is -0.925. The lowest BCUT2D eigenvalue weighted by molar-refractivity contribution is 0.263. The molecule has 0 amide bonds. The van der Waals surface area contributed by atoms with Gasteiger partial charge in [0, 0.05) is 28.9 Å². The lowest BCUT2D eigenvalue weighted by atomic mass is 10.3. The van der Waals surface area contributed by atoms with Gasteiger partial charge in [-0.05, 0) is 6.42 Å². The molecule has 0 bridgehead atoms. The Labute approximate surface area is 57.7 Å². The summed E-state index contributed by atoms with van der Waals surface area (Å²) in [7, 11) is -0.779. The summed E-state index contributed by atoms with van der Waals surface area (Å²) in [5.41, 5.74) is 5.34. The Balaban J connectivity index is 3.16. The molecule has 0 aromatic carbocycles. The van der Waals surface area contributed by atoms with Gasteiger partial charge in [-0.3, -0.25) is 4.21 Å². The molecule has 0 saturated heterocycles. The number of aliphatic hydroxyl groups excluding tert-OH is 1. The molecule has 3 N–H and O–H groups in total. The van der Waals surface area contributed by atoms with Crippen LogP contribution in [0.2, 0.25) is 0 Å². The third-order valence-electron chi connectivity index (χ3n) is 1.01. The summed E-state index contributed by atoms with van der Waals surface area (Å²) in [4.78, 5) is 0. The van der Waals surface area contributed by atoms with Gasteiger partial charge < -0.3 is 10.8 Å². The molecular formula is C5H13NO2S. The van der Waals surface area contributed by atoms with Crippen LogP contribution in [0.5, 0.6) is 0 Å². The fourth-order valence-electron chi connectivity index (χ4n) is 0.409. The Morgan fingerprint density at radius 2 is 2.33 bits per heavy atom. The third-order valence-corrected chi connectivity index (χ3v) is 1.82. The molecular weight excluding hydrogens is 138 g/mol. The SMILES string of the molecule is CS(=O)CCC(N)CO. The van der Waals surface area contributed by atoms with Gasteiger partial charge in [-0.15, -0.1) is 0 Å². The van der Waals surface area contributed by atoms with E-state index < -0.39 is 10.8 Å². The van der Waals surface area contributed by atoms with Gasteiger partial charge in [0.15, 0.2) is 0 Å². The first kappa shape index (κ1) is 9.07. The molecule has 0 aromatic heterocycles. The van der Waals surface area contributed by atoms with Gasteiger partial charge in [0.1, 0.15) is 0 Å². The van der Waals surface area contributed by atoms with E-state index in [1.54, 1.807) is 6.26 Å². The van der Waals surface area contributed by atoms with Crippen molar-refractivity contribution in [3.8, 4) is 0 Å². The summed E-state index contributed by atoms with van der Waals surface area (Å²) < 4.78 is 10.4. The Morgan fingerprint density at radius 3 is 2.67 bits per heavy atom. The minimum Gasteiger partial charge on any atom is -0.395 e. The van der Waals surface area contributed by atoms with Crippen LogP contribution < -0.4 is 5.73 Å². The summed E-state index contributed by atoms with van der Waals surface area (Å²) in [5.74, 6) is 0.585. The van der Waals surface area contributed by atoms with E-state index in [0.29, 0.717) is 12.2 Å². The summed E-state index contributed by atoms with van der Waals surface area (Å²) in [6, 6.07) is -0.200. The molecule has 0 heterocycles. The van der Waals surface area contributed by atoms with Gasteiger partial charge in [0.2, 0.25) is 0 Å². The summed E-state index contributed by atoms with van der Waals surface area (Å²) in [6.07, 6.45) is 2.27. The molecule has 9 heavy (non-hydrogen) atoms. The summed E-state index contributed by atoms with van der Waals surface area (Å²) in [6.45, 7) is -0.0167. The predicted molar refractivity (Wildman–Crippen MR) is 38.6 cm³/mol. The molecule has 0 radical (unpaired) electrons. The second-order valence-electron chi connectivity index (χ2n) is 2.01. The van der Waals surface area contributed by atoms with Crippen molar-refractivity contribution in [3.05, 3.63) is 0 Å². The maximum Gasteiger partial charge on any atom is 0.0582 e. The number of hydrogen-bond donors (Lipinski definition) is 2. The van der Waals surface area contributed by atoms with E-state index in [-0.39, 0.29) is 12.6 Å². The van der Waals surface area contributed by atoms with E-state index in [1.807, 2.05) is 0 Å². The summed E-state index contributed by atoms with van der Waals surface area (Å²) in [5, 5.41) is 8.42. The smallest absolute Gasteiger partial charge is 0.0582 e. The quantitative estimate of drug-likeness (QED) is 0.546. The molecule has 0 saturated carbocycles. The Hall–Kier alpha value is 0.0700. The Bertz CT molecular complexity index is 97.0. The van der Waals surface area contributed by atoms with E-state index in [0.717, 1.165) is 0 Å². The molecule has 0 rings (SSSR count). The van der Waals surface area contributed by atoms with Crippen LogP contribution in [0.3, 0.4) is 0 Å². The maximum absolute atomic E-state index is 10.4. The molecule has 0 fully saturated rings. The van der Waals surface area contributed by atoms with E-state index in [4.69, 9.17) is 10.8 Å². The highest BCUT2D eigenvalue weighted by Crippen LogP contribution is 1.87. The van der Waals surface area contributed by atoms with Crippen LogP contribution >= 0.6 is 0 Å². The van der Waals surface area contributed by atoms with Gasteiger partial charge in [-0.1, -0.05) is 0 Å². The van der Waals surface area contributed by atoms with Crippen molar-refractivity contribution < 1.29 is 9.32 Å². The number of nitrogens with two attached hydrogens (primary N) is 1. The first-order valence-electron chi connectivity index (χ1n) is 2.83. The van der Waals surface area contributed by atoms with E-state index in [1.165, 1.54) is 0 Å². The molecule has 0 aliphatic carbocycles. The van der Waals surface area contributed by atoms with Crippen molar-refractivity contribution in [1.82, 2.24) is 0 Å². The Morgan fingerprint density at radius 1 is 1.78 bits per heavy atom. The van der Waals surface area contributed by atoms with Crippen molar-refractivity contribution in [2.45, 2.75) is 12.5 Å². The second-order valence-corrected chi connectivity index (χ2v) is 3.56. The molecule has 0 spiro atoms.